The largest absolute Gasteiger partial charge is 0.462 e. The number of aliphatic hydroxyl groups is 2. The summed E-state index contributed by atoms with van der Waals surface area (Å²) < 4.78 is 13.2. The minimum Gasteiger partial charge on any atom is -0.462 e. The summed E-state index contributed by atoms with van der Waals surface area (Å²) in [7, 11) is -1.98. The molecule has 0 aromatic carbocycles. The summed E-state index contributed by atoms with van der Waals surface area (Å²) in [5.41, 5.74) is 2.49. The molecule has 28 heavy (non-hydrogen) atoms. The standard InChI is InChI=1S/C20H32N2O5Si/c1-7-26-19(25)14-8-9-18-21-16(13-27-28(5,6)20(2,3)4)17(22(18)11-14)10-15(24)12-23/h8-9,11,15,23-24H,7,10,12-13H2,1-6H3. The van der Waals surface area contributed by atoms with Gasteiger partial charge in [0.15, 0.2) is 8.32 Å². The van der Waals surface area contributed by atoms with E-state index in [-0.39, 0.29) is 18.1 Å². The number of nitrogens with zero attached hydrogens (tertiary/aromatic N) is 2. The van der Waals surface area contributed by atoms with Crippen molar-refractivity contribution in [3.63, 3.8) is 0 Å². The van der Waals surface area contributed by atoms with Crippen LogP contribution in [-0.2, 0) is 22.2 Å². The van der Waals surface area contributed by atoms with E-state index in [0.717, 1.165) is 5.69 Å². The predicted molar refractivity (Wildman–Crippen MR) is 110 cm³/mol. The third-order valence-electron chi connectivity index (χ3n) is 5.33. The highest BCUT2D eigenvalue weighted by Crippen LogP contribution is 2.37. The molecule has 0 saturated heterocycles. The van der Waals surface area contributed by atoms with Crippen LogP contribution < -0.4 is 0 Å². The van der Waals surface area contributed by atoms with E-state index < -0.39 is 20.4 Å². The predicted octanol–water partition coefficient (Wildman–Crippen LogP) is 2.93. The lowest BCUT2D eigenvalue weighted by Gasteiger charge is -2.36. The van der Waals surface area contributed by atoms with Gasteiger partial charge in [-0.05, 0) is 37.2 Å². The number of rotatable bonds is 8. The fourth-order valence-corrected chi connectivity index (χ4v) is 3.49. The highest BCUT2D eigenvalue weighted by atomic mass is 28.4. The summed E-state index contributed by atoms with van der Waals surface area (Å²) in [5, 5.41) is 19.4. The van der Waals surface area contributed by atoms with E-state index in [2.05, 4.69) is 38.8 Å². The molecule has 2 N–H and O–H groups in total. The van der Waals surface area contributed by atoms with Crippen LogP contribution in [0.3, 0.4) is 0 Å². The van der Waals surface area contributed by atoms with Gasteiger partial charge >= 0.3 is 5.97 Å². The minimum atomic E-state index is -1.98. The van der Waals surface area contributed by atoms with Gasteiger partial charge in [-0.25, -0.2) is 9.78 Å². The summed E-state index contributed by atoms with van der Waals surface area (Å²) >= 11 is 0. The van der Waals surface area contributed by atoms with E-state index in [4.69, 9.17) is 9.16 Å². The Morgan fingerprint density at radius 3 is 2.57 bits per heavy atom. The maximum absolute atomic E-state index is 12.1. The number of esters is 1. The van der Waals surface area contributed by atoms with Gasteiger partial charge in [-0.3, -0.25) is 0 Å². The first-order valence-electron chi connectivity index (χ1n) is 9.60. The number of carbonyl (C=O) groups is 1. The van der Waals surface area contributed by atoms with Crippen molar-refractivity contribution >= 4 is 19.9 Å². The van der Waals surface area contributed by atoms with Crippen molar-refractivity contribution in [1.29, 1.82) is 0 Å². The Morgan fingerprint density at radius 1 is 1.32 bits per heavy atom. The van der Waals surface area contributed by atoms with Crippen LogP contribution in [-0.4, -0.2) is 53.2 Å². The lowest BCUT2D eigenvalue weighted by atomic mass is 10.1. The molecule has 156 valence electrons. The summed E-state index contributed by atoms with van der Waals surface area (Å²) in [5.74, 6) is -0.411. The molecular formula is C20H32N2O5Si. The zero-order chi connectivity index (χ0) is 21.1. The molecule has 0 amide bonds. The second-order valence-electron chi connectivity index (χ2n) is 8.46. The normalized spacial score (nSPS) is 13.7. The lowest BCUT2D eigenvalue weighted by molar-refractivity contribution is 0.0525. The van der Waals surface area contributed by atoms with Gasteiger partial charge in [0, 0.05) is 12.6 Å². The minimum absolute atomic E-state index is 0.0635. The number of imidazole rings is 1. The van der Waals surface area contributed by atoms with Gasteiger partial charge in [-0.2, -0.15) is 0 Å². The van der Waals surface area contributed by atoms with Crippen LogP contribution in [0, 0.1) is 0 Å². The van der Waals surface area contributed by atoms with E-state index in [1.807, 2.05) is 0 Å². The fraction of sp³-hybridized carbons (Fsp3) is 0.600. The summed E-state index contributed by atoms with van der Waals surface area (Å²) in [6.07, 6.45) is 0.952. The average Bonchev–Trinajstić information content (AvgIpc) is 2.96. The van der Waals surface area contributed by atoms with Crippen LogP contribution in [0.2, 0.25) is 18.1 Å². The molecule has 0 spiro atoms. The van der Waals surface area contributed by atoms with Crippen molar-refractivity contribution in [3.05, 3.63) is 35.3 Å². The smallest absolute Gasteiger partial charge is 0.339 e. The quantitative estimate of drug-likeness (QED) is 0.515. The topological polar surface area (TPSA) is 93.3 Å². The van der Waals surface area contributed by atoms with E-state index in [1.165, 1.54) is 0 Å². The number of pyridine rings is 1. The fourth-order valence-electron chi connectivity index (χ4n) is 2.56. The second kappa shape index (κ2) is 8.73. The molecular weight excluding hydrogens is 376 g/mol. The average molecular weight is 409 g/mol. The number of ether oxygens (including phenoxy) is 1. The molecule has 2 rings (SSSR count). The Labute approximate surface area is 167 Å². The Morgan fingerprint density at radius 2 is 2.00 bits per heavy atom. The van der Waals surface area contributed by atoms with Crippen molar-refractivity contribution < 1.29 is 24.2 Å². The van der Waals surface area contributed by atoms with Crippen molar-refractivity contribution in [2.75, 3.05) is 13.2 Å². The van der Waals surface area contributed by atoms with Crippen molar-refractivity contribution in [3.8, 4) is 0 Å². The summed E-state index contributed by atoms with van der Waals surface area (Å²) in [4.78, 5) is 16.7. The lowest BCUT2D eigenvalue weighted by Crippen LogP contribution is -2.40. The molecule has 0 aliphatic heterocycles. The monoisotopic (exact) mass is 408 g/mol. The first-order chi connectivity index (χ1) is 13.0. The second-order valence-corrected chi connectivity index (χ2v) is 13.3. The van der Waals surface area contributed by atoms with Gasteiger partial charge in [0.2, 0.25) is 0 Å². The van der Waals surface area contributed by atoms with Gasteiger partial charge in [0.1, 0.15) is 5.65 Å². The van der Waals surface area contributed by atoms with E-state index in [0.29, 0.717) is 30.1 Å². The molecule has 0 saturated carbocycles. The molecule has 0 bridgehead atoms. The van der Waals surface area contributed by atoms with Crippen LogP contribution in [0.15, 0.2) is 18.3 Å². The molecule has 2 aromatic heterocycles. The van der Waals surface area contributed by atoms with Gasteiger partial charge in [-0.15, -0.1) is 0 Å². The van der Waals surface area contributed by atoms with Crippen LogP contribution in [0.4, 0.5) is 0 Å². The van der Waals surface area contributed by atoms with Crippen LogP contribution in [0.1, 0.15) is 49.4 Å². The van der Waals surface area contributed by atoms with Gasteiger partial charge in [-0.1, -0.05) is 20.8 Å². The molecule has 1 unspecified atom stereocenters. The zero-order valence-corrected chi connectivity index (χ0v) is 18.7. The zero-order valence-electron chi connectivity index (χ0n) is 17.7. The third kappa shape index (κ3) is 4.99. The Kier molecular flexibility index (Phi) is 7.03. The highest BCUT2D eigenvalue weighted by Gasteiger charge is 2.37. The van der Waals surface area contributed by atoms with Gasteiger partial charge < -0.3 is 23.8 Å². The first-order valence-corrected chi connectivity index (χ1v) is 12.5. The van der Waals surface area contributed by atoms with Gasteiger partial charge in [0.05, 0.1) is 42.9 Å². The summed E-state index contributed by atoms with van der Waals surface area (Å²) in [6.45, 7) is 12.9. The number of fused-ring (bicyclic) bond motifs is 1. The van der Waals surface area contributed by atoms with E-state index >= 15 is 0 Å². The van der Waals surface area contributed by atoms with E-state index in [9.17, 15) is 15.0 Å². The van der Waals surface area contributed by atoms with Gasteiger partial charge in [0.25, 0.3) is 0 Å². The molecule has 2 heterocycles. The molecule has 0 radical (unpaired) electrons. The Hall–Kier alpha value is -1.74. The highest BCUT2D eigenvalue weighted by molar-refractivity contribution is 6.74. The number of aliphatic hydroxyl groups excluding tert-OH is 2. The van der Waals surface area contributed by atoms with E-state index in [1.54, 1.807) is 29.7 Å². The number of aromatic nitrogens is 2. The Bertz CT molecular complexity index is 826. The summed E-state index contributed by atoms with van der Waals surface area (Å²) in [6, 6.07) is 3.42. The molecule has 0 aliphatic rings. The van der Waals surface area contributed by atoms with Crippen molar-refractivity contribution in [2.45, 2.75) is 65.0 Å². The van der Waals surface area contributed by atoms with Crippen molar-refractivity contribution in [2.24, 2.45) is 0 Å². The Balaban J connectivity index is 2.43. The molecule has 8 heteroatoms. The van der Waals surface area contributed by atoms with Crippen LogP contribution in [0.5, 0.6) is 0 Å². The number of carbonyl (C=O) groups excluding carboxylic acids is 1. The van der Waals surface area contributed by atoms with Crippen LogP contribution >= 0.6 is 0 Å². The molecule has 0 fully saturated rings. The number of hydrogen-bond acceptors (Lipinski definition) is 6. The number of hydrogen-bond donors (Lipinski definition) is 2. The molecule has 0 aliphatic carbocycles. The van der Waals surface area contributed by atoms with Crippen LogP contribution in [0.25, 0.3) is 5.65 Å². The molecule has 2 aromatic rings. The third-order valence-corrected chi connectivity index (χ3v) is 9.81. The SMILES string of the molecule is CCOC(=O)c1ccc2nc(CO[Si](C)(C)C(C)(C)C)c(CC(O)CO)n2c1. The molecule has 1 atom stereocenters. The van der Waals surface area contributed by atoms with Crippen molar-refractivity contribution in [1.82, 2.24) is 9.38 Å². The first kappa shape index (κ1) is 22.5. The molecule has 7 nitrogen and oxygen atoms in total. The maximum atomic E-state index is 12.1. The maximum Gasteiger partial charge on any atom is 0.339 e.